The van der Waals surface area contributed by atoms with Crippen LogP contribution < -0.4 is 5.73 Å². The van der Waals surface area contributed by atoms with Crippen LogP contribution in [0.15, 0.2) is 12.1 Å². The number of rotatable bonds is 2. The Hall–Kier alpha value is -1.16. The van der Waals surface area contributed by atoms with Crippen molar-refractivity contribution in [3.8, 4) is 0 Å². The van der Waals surface area contributed by atoms with Gasteiger partial charge < -0.3 is 10.8 Å². The van der Waals surface area contributed by atoms with Crippen molar-refractivity contribution in [2.75, 3.05) is 12.3 Å². The Morgan fingerprint density at radius 2 is 2.00 bits per heavy atom. The van der Waals surface area contributed by atoms with Gasteiger partial charge in [-0.25, -0.2) is 8.78 Å². The smallest absolute Gasteiger partial charge is 0.152 e. The molecule has 0 amide bonds. The number of anilines is 1. The molecule has 66 valence electrons. The van der Waals surface area contributed by atoms with Crippen molar-refractivity contribution in [2.45, 2.75) is 6.42 Å². The van der Waals surface area contributed by atoms with Crippen LogP contribution in [0.3, 0.4) is 0 Å². The lowest BCUT2D eigenvalue weighted by atomic mass is 10.1. The summed E-state index contributed by atoms with van der Waals surface area (Å²) in [5, 5.41) is 8.49. The zero-order valence-corrected chi connectivity index (χ0v) is 6.35. The molecule has 0 aliphatic heterocycles. The lowest BCUT2D eigenvalue weighted by Crippen LogP contribution is -2.02. The maximum absolute atomic E-state index is 13.0. The second-order valence-electron chi connectivity index (χ2n) is 2.40. The van der Waals surface area contributed by atoms with Crippen LogP contribution in [0.1, 0.15) is 5.56 Å². The van der Waals surface area contributed by atoms with E-state index in [2.05, 4.69) is 0 Å². The monoisotopic (exact) mass is 173 g/mol. The van der Waals surface area contributed by atoms with Crippen molar-refractivity contribution in [1.29, 1.82) is 0 Å². The van der Waals surface area contributed by atoms with Crippen LogP contribution in [0, 0.1) is 11.6 Å². The van der Waals surface area contributed by atoms with E-state index in [0.29, 0.717) is 0 Å². The summed E-state index contributed by atoms with van der Waals surface area (Å²) in [7, 11) is 0. The molecule has 4 heteroatoms. The highest BCUT2D eigenvalue weighted by Gasteiger charge is 2.10. The van der Waals surface area contributed by atoms with Gasteiger partial charge in [-0.3, -0.25) is 0 Å². The Morgan fingerprint density at radius 3 is 2.58 bits per heavy atom. The number of benzene rings is 1. The number of halogens is 2. The molecule has 0 aliphatic rings. The fraction of sp³-hybridized carbons (Fsp3) is 0.250. The largest absolute Gasteiger partial charge is 0.396 e. The van der Waals surface area contributed by atoms with Gasteiger partial charge in [-0.05, 0) is 12.1 Å². The minimum Gasteiger partial charge on any atom is -0.396 e. The Balaban J connectivity index is 3.14. The summed E-state index contributed by atoms with van der Waals surface area (Å²) in [6.45, 7) is -0.294. The number of aliphatic hydroxyl groups excluding tert-OH is 1. The number of aliphatic hydroxyl groups is 1. The molecule has 0 atom stereocenters. The summed E-state index contributed by atoms with van der Waals surface area (Å²) < 4.78 is 25.8. The van der Waals surface area contributed by atoms with Gasteiger partial charge in [-0.15, -0.1) is 0 Å². The standard InChI is InChI=1S/C8H9F2NO/c9-6-1-2-7(11)8(10)5(6)3-4-12/h1-2,12H,3-4,11H2. The SMILES string of the molecule is Nc1ccc(F)c(CCO)c1F. The van der Waals surface area contributed by atoms with Crippen molar-refractivity contribution >= 4 is 5.69 Å². The van der Waals surface area contributed by atoms with Gasteiger partial charge in [0.2, 0.25) is 0 Å². The molecule has 1 rings (SSSR count). The van der Waals surface area contributed by atoms with Crippen LogP contribution in [-0.2, 0) is 6.42 Å². The van der Waals surface area contributed by atoms with Crippen LogP contribution in [0.4, 0.5) is 14.5 Å². The molecule has 1 aromatic carbocycles. The number of nitrogen functional groups attached to an aromatic ring is 1. The summed E-state index contributed by atoms with van der Waals surface area (Å²) in [5.41, 5.74) is 4.94. The fourth-order valence-electron chi connectivity index (χ4n) is 0.957. The van der Waals surface area contributed by atoms with Crippen LogP contribution in [0.25, 0.3) is 0 Å². The van der Waals surface area contributed by atoms with Gasteiger partial charge in [0, 0.05) is 18.6 Å². The zero-order valence-electron chi connectivity index (χ0n) is 6.35. The normalized spacial score (nSPS) is 10.2. The van der Waals surface area contributed by atoms with Gasteiger partial charge in [-0.2, -0.15) is 0 Å². The van der Waals surface area contributed by atoms with E-state index in [1.54, 1.807) is 0 Å². The summed E-state index contributed by atoms with van der Waals surface area (Å²) in [4.78, 5) is 0. The van der Waals surface area contributed by atoms with E-state index < -0.39 is 11.6 Å². The van der Waals surface area contributed by atoms with Crippen LogP contribution >= 0.6 is 0 Å². The molecule has 3 N–H and O–H groups in total. The third-order valence-corrected chi connectivity index (χ3v) is 1.58. The third-order valence-electron chi connectivity index (χ3n) is 1.58. The number of nitrogens with two attached hydrogens (primary N) is 1. The molecule has 12 heavy (non-hydrogen) atoms. The lowest BCUT2D eigenvalue weighted by Gasteiger charge is -2.04. The summed E-state index contributed by atoms with van der Waals surface area (Å²) in [6.07, 6.45) is -0.0529. The molecule has 0 saturated heterocycles. The molecular formula is C8H9F2NO. The minimum absolute atomic E-state index is 0.0529. The number of hydrogen-bond acceptors (Lipinski definition) is 2. The summed E-state index contributed by atoms with van der Waals surface area (Å²) >= 11 is 0. The van der Waals surface area contributed by atoms with Crippen LogP contribution in [0.5, 0.6) is 0 Å². The van der Waals surface area contributed by atoms with E-state index >= 15 is 0 Å². The molecule has 0 aromatic heterocycles. The molecule has 2 nitrogen and oxygen atoms in total. The van der Waals surface area contributed by atoms with E-state index in [1.165, 1.54) is 0 Å². The zero-order chi connectivity index (χ0) is 9.14. The van der Waals surface area contributed by atoms with E-state index in [1.807, 2.05) is 0 Å². The van der Waals surface area contributed by atoms with Gasteiger partial charge in [0.15, 0.2) is 5.82 Å². The van der Waals surface area contributed by atoms with Crippen LogP contribution in [0.2, 0.25) is 0 Å². The van der Waals surface area contributed by atoms with Gasteiger partial charge >= 0.3 is 0 Å². The second kappa shape index (κ2) is 3.49. The lowest BCUT2D eigenvalue weighted by molar-refractivity contribution is 0.295. The van der Waals surface area contributed by atoms with E-state index in [0.717, 1.165) is 12.1 Å². The molecule has 0 heterocycles. The predicted octanol–water partition coefficient (Wildman–Crippen LogP) is 1.08. The molecule has 0 radical (unpaired) electrons. The maximum Gasteiger partial charge on any atom is 0.152 e. The first-order chi connectivity index (χ1) is 5.66. The molecule has 0 saturated carbocycles. The van der Waals surface area contributed by atoms with Gasteiger partial charge in [0.1, 0.15) is 5.82 Å². The Labute approximate surface area is 68.6 Å². The first-order valence-electron chi connectivity index (χ1n) is 3.50. The molecule has 0 fully saturated rings. The highest BCUT2D eigenvalue weighted by Crippen LogP contribution is 2.18. The number of hydrogen-bond donors (Lipinski definition) is 2. The molecular weight excluding hydrogens is 164 g/mol. The molecule has 0 spiro atoms. The van der Waals surface area contributed by atoms with E-state index in [4.69, 9.17) is 10.8 Å². The van der Waals surface area contributed by atoms with Crippen molar-refractivity contribution in [3.05, 3.63) is 29.3 Å². The Kier molecular flexibility index (Phi) is 2.60. The minimum atomic E-state index is -0.774. The van der Waals surface area contributed by atoms with Gasteiger partial charge in [-0.1, -0.05) is 0 Å². The Bertz CT molecular complexity index is 289. The van der Waals surface area contributed by atoms with Crippen molar-refractivity contribution < 1.29 is 13.9 Å². The van der Waals surface area contributed by atoms with E-state index in [9.17, 15) is 8.78 Å². The predicted molar refractivity (Wildman–Crippen MR) is 41.6 cm³/mol. The summed E-state index contributed by atoms with van der Waals surface area (Å²) in [6, 6.07) is 2.24. The molecule has 0 aliphatic carbocycles. The molecule has 0 unspecified atom stereocenters. The average Bonchev–Trinajstić information content (AvgIpc) is 2.06. The first-order valence-corrected chi connectivity index (χ1v) is 3.50. The fourth-order valence-corrected chi connectivity index (χ4v) is 0.957. The first kappa shape index (κ1) is 8.93. The topological polar surface area (TPSA) is 46.2 Å². The third kappa shape index (κ3) is 1.53. The quantitative estimate of drug-likeness (QED) is 0.657. The van der Waals surface area contributed by atoms with E-state index in [-0.39, 0.29) is 24.3 Å². The molecule has 0 bridgehead atoms. The van der Waals surface area contributed by atoms with Crippen molar-refractivity contribution in [3.63, 3.8) is 0 Å². The second-order valence-corrected chi connectivity index (χ2v) is 2.40. The van der Waals surface area contributed by atoms with Crippen LogP contribution in [-0.4, -0.2) is 11.7 Å². The highest BCUT2D eigenvalue weighted by molar-refractivity contribution is 5.43. The van der Waals surface area contributed by atoms with Gasteiger partial charge in [0.25, 0.3) is 0 Å². The summed E-state index contributed by atoms with van der Waals surface area (Å²) in [5.74, 6) is -1.44. The molecule has 1 aromatic rings. The maximum atomic E-state index is 13.0. The highest BCUT2D eigenvalue weighted by atomic mass is 19.1. The van der Waals surface area contributed by atoms with Crippen molar-refractivity contribution in [1.82, 2.24) is 0 Å². The average molecular weight is 173 g/mol. The van der Waals surface area contributed by atoms with Gasteiger partial charge in [0.05, 0.1) is 5.69 Å². The van der Waals surface area contributed by atoms with Crippen molar-refractivity contribution in [2.24, 2.45) is 0 Å². The Morgan fingerprint density at radius 1 is 1.33 bits per heavy atom.